The quantitative estimate of drug-likeness (QED) is 0.786. The van der Waals surface area contributed by atoms with Gasteiger partial charge in [0.05, 0.1) is 12.1 Å². The Balaban J connectivity index is 0.00000208. The molecule has 24 heavy (non-hydrogen) atoms. The van der Waals surface area contributed by atoms with Crippen LogP contribution in [0.4, 0.5) is 0 Å². The van der Waals surface area contributed by atoms with E-state index in [4.69, 9.17) is 32.7 Å². The molecular weight excluding hydrogens is 369 g/mol. The lowest BCUT2D eigenvalue weighted by atomic mass is 10.2. The second kappa shape index (κ2) is 8.82. The number of methoxy groups -OCH3 is 1. The van der Waals surface area contributed by atoms with Crippen LogP contribution >= 0.6 is 23.2 Å². The van der Waals surface area contributed by atoms with Gasteiger partial charge in [-0.3, -0.25) is 0 Å². The molecule has 0 radical (unpaired) electrons. The van der Waals surface area contributed by atoms with Crippen LogP contribution in [0.25, 0.3) is 0 Å². The number of hydrogen-bond donors (Lipinski definition) is 1. The lowest BCUT2D eigenvalue weighted by molar-refractivity contribution is -0.00000508. The molecule has 0 atom stereocenters. The maximum atomic E-state index is 6.38. The molecule has 0 unspecified atom stereocenters. The third kappa shape index (κ3) is 4.93. The van der Waals surface area contributed by atoms with Gasteiger partial charge in [-0.15, -0.1) is 0 Å². The van der Waals surface area contributed by atoms with E-state index in [1.807, 2.05) is 36.4 Å². The molecule has 2 aromatic carbocycles. The minimum absolute atomic E-state index is 0. The van der Waals surface area contributed by atoms with Crippen molar-refractivity contribution >= 4 is 23.2 Å². The van der Waals surface area contributed by atoms with Gasteiger partial charge in [-0.2, -0.15) is 0 Å². The lowest BCUT2D eigenvalue weighted by Gasteiger charge is -2.15. The van der Waals surface area contributed by atoms with E-state index in [0.717, 1.165) is 17.7 Å². The topological polar surface area (TPSA) is 30.5 Å². The van der Waals surface area contributed by atoms with Gasteiger partial charge in [0, 0.05) is 23.2 Å². The lowest BCUT2D eigenvalue weighted by Crippen LogP contribution is -3.00. The zero-order valence-electron chi connectivity index (χ0n) is 13.3. The molecule has 0 saturated heterocycles. The molecule has 3 nitrogen and oxygen atoms in total. The van der Waals surface area contributed by atoms with Gasteiger partial charge in [0.15, 0.2) is 11.5 Å². The molecule has 0 aromatic heterocycles. The predicted octanol–water partition coefficient (Wildman–Crippen LogP) is 1.84. The largest absolute Gasteiger partial charge is 1.00 e. The van der Waals surface area contributed by atoms with Gasteiger partial charge < -0.3 is 27.2 Å². The van der Waals surface area contributed by atoms with E-state index in [0.29, 0.717) is 34.2 Å². The number of nitrogens with one attached hydrogen (secondary N) is 1. The first kappa shape index (κ1) is 19.2. The van der Waals surface area contributed by atoms with Crippen LogP contribution < -0.4 is 27.2 Å². The van der Waals surface area contributed by atoms with E-state index >= 15 is 0 Å². The first-order chi connectivity index (χ1) is 11.2. The maximum Gasteiger partial charge on any atom is 0.180 e. The maximum absolute atomic E-state index is 6.38. The van der Waals surface area contributed by atoms with Crippen molar-refractivity contribution in [2.75, 3.05) is 7.11 Å². The van der Waals surface area contributed by atoms with Crippen molar-refractivity contribution < 1.29 is 21.9 Å². The van der Waals surface area contributed by atoms with E-state index in [-0.39, 0.29) is 12.4 Å². The first-order valence-electron chi connectivity index (χ1n) is 7.63. The second-order valence-electron chi connectivity index (χ2n) is 5.64. The zero-order chi connectivity index (χ0) is 16.2. The number of hydrogen-bond acceptors (Lipinski definition) is 3. The Morgan fingerprint density at radius 2 is 1.88 bits per heavy atom. The van der Waals surface area contributed by atoms with Crippen molar-refractivity contribution in [1.29, 1.82) is 0 Å². The Morgan fingerprint density at radius 1 is 1.12 bits per heavy atom. The van der Waals surface area contributed by atoms with Crippen molar-refractivity contribution in [3.8, 4) is 11.5 Å². The van der Waals surface area contributed by atoms with Crippen LogP contribution in [0.15, 0.2) is 36.4 Å². The van der Waals surface area contributed by atoms with Crippen LogP contribution in [0.2, 0.25) is 10.0 Å². The van der Waals surface area contributed by atoms with Crippen LogP contribution in [-0.2, 0) is 13.2 Å². The van der Waals surface area contributed by atoms with Gasteiger partial charge in [0.2, 0.25) is 0 Å². The molecule has 3 rings (SSSR count). The summed E-state index contributed by atoms with van der Waals surface area (Å²) >= 11 is 12.5. The van der Waals surface area contributed by atoms with Gasteiger partial charge in [-0.05, 0) is 36.6 Å². The fourth-order valence-corrected chi connectivity index (χ4v) is 2.81. The second-order valence-corrected chi connectivity index (χ2v) is 6.46. The highest BCUT2D eigenvalue weighted by molar-refractivity contribution is 6.32. The van der Waals surface area contributed by atoms with Crippen LogP contribution in [-0.4, -0.2) is 13.2 Å². The van der Waals surface area contributed by atoms with Crippen molar-refractivity contribution in [2.45, 2.75) is 32.0 Å². The van der Waals surface area contributed by atoms with Gasteiger partial charge in [0.25, 0.3) is 0 Å². The average Bonchev–Trinajstić information content (AvgIpc) is 3.37. The summed E-state index contributed by atoms with van der Waals surface area (Å²) < 4.78 is 11.3. The Kier molecular flexibility index (Phi) is 7.05. The molecule has 1 fully saturated rings. The van der Waals surface area contributed by atoms with E-state index < -0.39 is 0 Å². The van der Waals surface area contributed by atoms with Crippen LogP contribution in [0.1, 0.15) is 24.0 Å². The average molecular weight is 388 g/mol. The highest BCUT2D eigenvalue weighted by atomic mass is 35.5. The van der Waals surface area contributed by atoms with E-state index in [9.17, 15) is 0 Å². The third-order valence-corrected chi connectivity index (χ3v) is 4.44. The number of rotatable bonds is 7. The summed E-state index contributed by atoms with van der Waals surface area (Å²) in [6, 6.07) is 12.1. The molecule has 0 bridgehead atoms. The smallest absolute Gasteiger partial charge is 0.180 e. The van der Waals surface area contributed by atoms with E-state index in [1.165, 1.54) is 12.8 Å². The molecule has 1 aliphatic carbocycles. The van der Waals surface area contributed by atoms with Crippen molar-refractivity contribution in [3.63, 3.8) is 0 Å². The first-order valence-corrected chi connectivity index (χ1v) is 8.39. The molecule has 1 N–H and O–H groups in total. The van der Waals surface area contributed by atoms with Crippen LogP contribution in [0, 0.1) is 0 Å². The summed E-state index contributed by atoms with van der Waals surface area (Å²) in [5.41, 5.74) is 2.00. The predicted molar refractivity (Wildman–Crippen MR) is 93.6 cm³/mol. The van der Waals surface area contributed by atoms with Crippen molar-refractivity contribution in [3.05, 3.63) is 57.6 Å². The van der Waals surface area contributed by atoms with Gasteiger partial charge >= 0.3 is 0 Å². The summed E-state index contributed by atoms with van der Waals surface area (Å²) in [4.78, 5) is 0. The molecule has 130 valence electrons. The van der Waals surface area contributed by atoms with Crippen molar-refractivity contribution in [2.24, 2.45) is 0 Å². The van der Waals surface area contributed by atoms with Gasteiger partial charge in [-0.25, -0.2) is 0 Å². The molecule has 0 heterocycles. The molecule has 0 amide bonds. The van der Waals surface area contributed by atoms with Crippen molar-refractivity contribution in [1.82, 2.24) is 5.32 Å². The number of benzene rings is 2. The summed E-state index contributed by atoms with van der Waals surface area (Å²) in [5.74, 6) is 1.18. The molecule has 0 aliphatic heterocycles. The Morgan fingerprint density at radius 3 is 2.54 bits per heavy atom. The molecule has 2 aromatic rings. The fraction of sp³-hybridized carbons (Fsp3) is 0.333. The highest BCUT2D eigenvalue weighted by Gasteiger charge is 2.20. The monoisotopic (exact) mass is 386 g/mol. The number of halogens is 3. The molecule has 1 saturated carbocycles. The molecule has 1 aliphatic rings. The minimum Gasteiger partial charge on any atom is -1.00 e. The van der Waals surface area contributed by atoms with E-state index in [1.54, 1.807) is 7.11 Å². The summed E-state index contributed by atoms with van der Waals surface area (Å²) in [6.45, 7) is 1.13. The molecular formula is C18H19Cl3NO2-. The molecule has 6 heteroatoms. The van der Waals surface area contributed by atoms with Gasteiger partial charge in [-0.1, -0.05) is 41.4 Å². The SMILES string of the molecule is COc1cc(CNC2CC2)cc(Cl)c1OCc1ccccc1Cl.[Cl-]. The zero-order valence-corrected chi connectivity index (χ0v) is 15.6. The standard InChI is InChI=1S/C18H19Cl2NO2.ClH/c1-22-17-9-12(10-21-14-6-7-14)8-16(20)18(17)23-11-13-4-2-3-5-15(13)19;/h2-5,8-9,14,21H,6-7,10-11H2,1H3;1H/p-1. The van der Waals surface area contributed by atoms with Crippen LogP contribution in [0.5, 0.6) is 11.5 Å². The molecule has 0 spiro atoms. The summed E-state index contributed by atoms with van der Waals surface area (Å²) in [6.07, 6.45) is 2.51. The van der Waals surface area contributed by atoms with Gasteiger partial charge in [0.1, 0.15) is 6.61 Å². The summed E-state index contributed by atoms with van der Waals surface area (Å²) in [7, 11) is 1.62. The Labute approximate surface area is 158 Å². The Bertz CT molecular complexity index is 690. The van der Waals surface area contributed by atoms with E-state index in [2.05, 4.69) is 5.32 Å². The minimum atomic E-state index is 0. The number of ether oxygens (including phenoxy) is 2. The Hall–Kier alpha value is -1.13. The fourth-order valence-electron chi connectivity index (χ4n) is 2.33. The normalized spacial score (nSPS) is 13.3. The highest BCUT2D eigenvalue weighted by Crippen LogP contribution is 2.37. The summed E-state index contributed by atoms with van der Waals surface area (Å²) in [5, 5.41) is 4.68. The third-order valence-electron chi connectivity index (χ3n) is 3.79. The van der Waals surface area contributed by atoms with Crippen LogP contribution in [0.3, 0.4) is 0 Å².